The molecule has 1 unspecified atom stereocenters. The molecule has 35 heavy (non-hydrogen) atoms. The largest absolute Gasteiger partial charge is 0.503 e. The smallest absolute Gasteiger partial charge is 0.290 e. The number of hydrogen-bond donors (Lipinski definition) is 1. The highest BCUT2D eigenvalue weighted by Gasteiger charge is 2.44. The van der Waals surface area contributed by atoms with Crippen molar-refractivity contribution in [3.63, 3.8) is 0 Å². The van der Waals surface area contributed by atoms with E-state index in [0.29, 0.717) is 49.0 Å². The fourth-order valence-corrected chi connectivity index (χ4v) is 4.44. The summed E-state index contributed by atoms with van der Waals surface area (Å²) < 4.78 is 21.6. The molecular formula is C26H30N2O7. The first-order valence-corrected chi connectivity index (χ1v) is 11.6. The standard InChI is InChI=1S/C26H30N2O7/c1-32-19-7-9-22(33-2)20(17-19)24-23(21(29)8-6-18-5-3-14-35-18)25(30)26(31)28(24)11-4-10-27-12-15-34-16-13-27/h3,5-9,14,17,24,30H,4,10-13,15-16H2,1-2H3/b8-6+. The van der Waals surface area contributed by atoms with Crippen LogP contribution in [0, 0.1) is 0 Å². The van der Waals surface area contributed by atoms with E-state index in [2.05, 4.69) is 4.90 Å². The summed E-state index contributed by atoms with van der Waals surface area (Å²) in [6.45, 7) is 4.18. The van der Waals surface area contributed by atoms with E-state index in [4.69, 9.17) is 18.6 Å². The van der Waals surface area contributed by atoms with Gasteiger partial charge < -0.3 is 28.6 Å². The number of carbonyl (C=O) groups excluding carboxylic acids is 2. The van der Waals surface area contributed by atoms with E-state index in [9.17, 15) is 14.7 Å². The molecule has 1 N–H and O–H groups in total. The van der Waals surface area contributed by atoms with Gasteiger partial charge in [-0.05, 0) is 48.9 Å². The van der Waals surface area contributed by atoms with Gasteiger partial charge in [0, 0.05) is 31.7 Å². The van der Waals surface area contributed by atoms with Gasteiger partial charge in [0.2, 0.25) is 0 Å². The Kier molecular flexibility index (Phi) is 7.89. The van der Waals surface area contributed by atoms with E-state index in [1.54, 1.807) is 30.3 Å². The monoisotopic (exact) mass is 482 g/mol. The molecule has 4 rings (SSSR count). The van der Waals surface area contributed by atoms with Crippen LogP contribution in [0.3, 0.4) is 0 Å². The van der Waals surface area contributed by atoms with Gasteiger partial charge in [0.15, 0.2) is 11.5 Å². The number of hydrogen-bond acceptors (Lipinski definition) is 8. The van der Waals surface area contributed by atoms with Crippen LogP contribution in [0.25, 0.3) is 6.08 Å². The molecule has 1 aromatic heterocycles. The maximum Gasteiger partial charge on any atom is 0.290 e. The molecule has 1 fully saturated rings. The van der Waals surface area contributed by atoms with Gasteiger partial charge in [-0.15, -0.1) is 0 Å². The highest BCUT2D eigenvalue weighted by molar-refractivity contribution is 6.14. The minimum absolute atomic E-state index is 0.00395. The van der Waals surface area contributed by atoms with Crippen molar-refractivity contribution in [2.24, 2.45) is 0 Å². The number of rotatable bonds is 10. The Hall–Kier alpha value is -3.56. The van der Waals surface area contributed by atoms with Crippen molar-refractivity contribution < 1.29 is 33.3 Å². The molecule has 1 aromatic carbocycles. The fourth-order valence-electron chi connectivity index (χ4n) is 4.44. The molecule has 0 bridgehead atoms. The number of amides is 1. The summed E-state index contributed by atoms with van der Waals surface area (Å²) >= 11 is 0. The summed E-state index contributed by atoms with van der Waals surface area (Å²) in [6, 6.07) is 7.78. The normalized spacial score (nSPS) is 19.1. The predicted octanol–water partition coefficient (Wildman–Crippen LogP) is 3.00. The summed E-state index contributed by atoms with van der Waals surface area (Å²) in [4.78, 5) is 30.3. The minimum Gasteiger partial charge on any atom is -0.503 e. The molecule has 9 nitrogen and oxygen atoms in total. The van der Waals surface area contributed by atoms with Gasteiger partial charge in [0.05, 0.1) is 45.3 Å². The molecule has 0 saturated carbocycles. The second-order valence-electron chi connectivity index (χ2n) is 8.29. The number of ketones is 1. The van der Waals surface area contributed by atoms with E-state index in [1.165, 1.54) is 37.5 Å². The summed E-state index contributed by atoms with van der Waals surface area (Å²) in [6.07, 6.45) is 4.98. The molecule has 3 heterocycles. The predicted molar refractivity (Wildman–Crippen MR) is 128 cm³/mol. The van der Waals surface area contributed by atoms with Crippen LogP contribution in [0.5, 0.6) is 11.5 Å². The van der Waals surface area contributed by atoms with Crippen molar-refractivity contribution in [2.45, 2.75) is 12.5 Å². The number of nitrogens with zero attached hydrogens (tertiary/aromatic N) is 2. The molecule has 9 heteroatoms. The van der Waals surface area contributed by atoms with Gasteiger partial charge in [-0.1, -0.05) is 0 Å². The molecule has 186 valence electrons. The highest BCUT2D eigenvalue weighted by atomic mass is 16.5. The van der Waals surface area contributed by atoms with Gasteiger partial charge in [0.25, 0.3) is 5.91 Å². The van der Waals surface area contributed by atoms with E-state index in [1.807, 2.05) is 0 Å². The number of allylic oxidation sites excluding steroid dienone is 1. The third kappa shape index (κ3) is 5.41. The van der Waals surface area contributed by atoms with Crippen LogP contribution >= 0.6 is 0 Å². The van der Waals surface area contributed by atoms with Crippen molar-refractivity contribution in [3.05, 3.63) is 65.3 Å². The Bertz CT molecular complexity index is 1100. The number of benzene rings is 1. The van der Waals surface area contributed by atoms with Crippen LogP contribution in [0.1, 0.15) is 23.8 Å². The molecule has 2 aliphatic heterocycles. The lowest BCUT2D eigenvalue weighted by molar-refractivity contribution is -0.129. The number of ether oxygens (including phenoxy) is 3. The molecule has 1 amide bonds. The number of carbonyl (C=O) groups is 2. The average molecular weight is 483 g/mol. The molecular weight excluding hydrogens is 452 g/mol. The summed E-state index contributed by atoms with van der Waals surface area (Å²) in [5, 5.41) is 10.8. The lowest BCUT2D eigenvalue weighted by Gasteiger charge is -2.30. The maximum absolute atomic E-state index is 13.3. The Morgan fingerprint density at radius 2 is 1.97 bits per heavy atom. The molecule has 1 atom stereocenters. The van der Waals surface area contributed by atoms with Crippen molar-refractivity contribution >= 4 is 17.8 Å². The SMILES string of the molecule is COc1ccc(OC)c(C2C(C(=O)/C=C/c3ccco3)=C(O)C(=O)N2CCCN2CCOCC2)c1. The number of furan rings is 1. The van der Waals surface area contributed by atoms with Gasteiger partial charge in [-0.2, -0.15) is 0 Å². The van der Waals surface area contributed by atoms with Crippen LogP contribution in [0.4, 0.5) is 0 Å². The Morgan fingerprint density at radius 3 is 2.66 bits per heavy atom. The Morgan fingerprint density at radius 1 is 1.17 bits per heavy atom. The van der Waals surface area contributed by atoms with Gasteiger partial charge in [-0.3, -0.25) is 14.5 Å². The third-order valence-corrected chi connectivity index (χ3v) is 6.22. The first kappa shape index (κ1) is 24.6. The average Bonchev–Trinajstić information content (AvgIpc) is 3.50. The third-order valence-electron chi connectivity index (χ3n) is 6.22. The first-order chi connectivity index (χ1) is 17.0. The van der Waals surface area contributed by atoms with E-state index in [0.717, 1.165) is 19.6 Å². The van der Waals surface area contributed by atoms with Crippen molar-refractivity contribution in [2.75, 3.05) is 53.6 Å². The van der Waals surface area contributed by atoms with Crippen LogP contribution in [0.15, 0.2) is 58.4 Å². The highest BCUT2D eigenvalue weighted by Crippen LogP contribution is 2.43. The Balaban J connectivity index is 1.65. The quantitative estimate of drug-likeness (QED) is 0.516. The van der Waals surface area contributed by atoms with Crippen molar-refractivity contribution in [1.82, 2.24) is 9.80 Å². The van der Waals surface area contributed by atoms with Crippen molar-refractivity contribution in [3.8, 4) is 11.5 Å². The van der Waals surface area contributed by atoms with Crippen LogP contribution in [0.2, 0.25) is 0 Å². The molecule has 1 saturated heterocycles. The maximum atomic E-state index is 13.3. The molecule has 0 spiro atoms. The van der Waals surface area contributed by atoms with E-state index >= 15 is 0 Å². The Labute approximate surface area is 204 Å². The first-order valence-electron chi connectivity index (χ1n) is 11.6. The zero-order valence-corrected chi connectivity index (χ0v) is 19.9. The lowest BCUT2D eigenvalue weighted by atomic mass is 9.94. The van der Waals surface area contributed by atoms with Crippen molar-refractivity contribution in [1.29, 1.82) is 0 Å². The van der Waals surface area contributed by atoms with Gasteiger partial charge in [-0.25, -0.2) is 0 Å². The van der Waals surface area contributed by atoms with E-state index < -0.39 is 23.5 Å². The molecule has 2 aromatic rings. The lowest BCUT2D eigenvalue weighted by Crippen LogP contribution is -2.39. The summed E-state index contributed by atoms with van der Waals surface area (Å²) in [5.41, 5.74) is 0.557. The number of aliphatic hydroxyl groups excluding tert-OH is 1. The molecule has 0 radical (unpaired) electrons. The zero-order chi connectivity index (χ0) is 24.8. The van der Waals surface area contributed by atoms with Crippen LogP contribution < -0.4 is 9.47 Å². The fraction of sp³-hybridized carbons (Fsp3) is 0.385. The zero-order valence-electron chi connectivity index (χ0n) is 19.9. The molecule has 0 aliphatic carbocycles. The minimum atomic E-state index is -0.828. The second-order valence-corrected chi connectivity index (χ2v) is 8.29. The number of methoxy groups -OCH3 is 2. The van der Waals surface area contributed by atoms with Gasteiger partial charge in [0.1, 0.15) is 17.3 Å². The van der Waals surface area contributed by atoms with Gasteiger partial charge >= 0.3 is 0 Å². The number of aliphatic hydroxyl groups is 1. The second kappa shape index (κ2) is 11.2. The number of morpholine rings is 1. The van der Waals surface area contributed by atoms with E-state index in [-0.39, 0.29) is 5.57 Å². The van der Waals surface area contributed by atoms with Crippen LogP contribution in [-0.4, -0.2) is 80.2 Å². The summed E-state index contributed by atoms with van der Waals surface area (Å²) in [5.74, 6) is -0.113. The summed E-state index contributed by atoms with van der Waals surface area (Å²) in [7, 11) is 3.06. The molecule has 2 aliphatic rings. The van der Waals surface area contributed by atoms with Crippen LogP contribution in [-0.2, 0) is 14.3 Å². The topological polar surface area (TPSA) is 102 Å².